The number of allylic oxidation sites excluding steroid dienone is 1. The maximum atomic E-state index is 4.45. The minimum atomic E-state index is 0.828. The number of aryl methyl sites for hydroxylation is 1. The zero-order valence-corrected chi connectivity index (χ0v) is 7.98. The van der Waals surface area contributed by atoms with E-state index in [1.54, 1.807) is 6.20 Å². The number of hydrogen-bond acceptors (Lipinski definition) is 2. The lowest BCUT2D eigenvalue weighted by Crippen LogP contribution is -1.91. The summed E-state index contributed by atoms with van der Waals surface area (Å²) in [6, 6.07) is 8.06. The topological polar surface area (TPSA) is 25.8 Å². The van der Waals surface area contributed by atoms with Crippen molar-refractivity contribution in [1.82, 2.24) is 9.97 Å². The molecule has 0 saturated carbocycles. The van der Waals surface area contributed by atoms with Crippen molar-refractivity contribution in [3.05, 3.63) is 48.8 Å². The molecule has 0 aliphatic carbocycles. The van der Waals surface area contributed by atoms with Crippen LogP contribution in [0.5, 0.6) is 0 Å². The summed E-state index contributed by atoms with van der Waals surface area (Å²) < 4.78 is 0. The van der Waals surface area contributed by atoms with Crippen LogP contribution in [0.15, 0.2) is 43.1 Å². The Labute approximate surface area is 83.3 Å². The third-order valence-electron chi connectivity index (χ3n) is 2.13. The third-order valence-corrected chi connectivity index (χ3v) is 2.13. The van der Waals surface area contributed by atoms with Crippen molar-refractivity contribution in [2.45, 2.75) is 12.8 Å². The molecule has 2 nitrogen and oxygen atoms in total. The van der Waals surface area contributed by atoms with Gasteiger partial charge in [-0.05, 0) is 37.1 Å². The average molecular weight is 184 g/mol. The molecule has 0 radical (unpaired) electrons. The normalized spacial score (nSPS) is 10.3. The van der Waals surface area contributed by atoms with E-state index >= 15 is 0 Å². The first-order valence-electron chi connectivity index (χ1n) is 4.72. The molecule has 0 aliphatic heterocycles. The van der Waals surface area contributed by atoms with Crippen molar-refractivity contribution >= 4 is 11.0 Å². The summed E-state index contributed by atoms with van der Waals surface area (Å²) in [5, 5.41) is 1.09. The SMILES string of the molecule is C=CCCc1ccc2cccnc2n1. The van der Waals surface area contributed by atoms with Crippen LogP contribution in [0.3, 0.4) is 0 Å². The highest BCUT2D eigenvalue weighted by Gasteiger charge is 1.97. The van der Waals surface area contributed by atoms with Crippen molar-refractivity contribution in [2.24, 2.45) is 0 Å². The number of rotatable bonds is 3. The molecular formula is C12H12N2. The van der Waals surface area contributed by atoms with Gasteiger partial charge in [0.25, 0.3) is 0 Å². The summed E-state index contributed by atoms with van der Waals surface area (Å²) in [5.74, 6) is 0. The molecule has 0 saturated heterocycles. The van der Waals surface area contributed by atoms with Crippen LogP contribution >= 0.6 is 0 Å². The predicted octanol–water partition coefficient (Wildman–Crippen LogP) is 2.75. The maximum absolute atomic E-state index is 4.45. The molecule has 0 unspecified atom stereocenters. The predicted molar refractivity (Wildman–Crippen MR) is 58.1 cm³/mol. The summed E-state index contributed by atoms with van der Waals surface area (Å²) in [7, 11) is 0. The second-order valence-electron chi connectivity index (χ2n) is 3.18. The summed E-state index contributed by atoms with van der Waals surface area (Å²) in [6.45, 7) is 3.69. The molecule has 0 amide bonds. The molecule has 0 fully saturated rings. The van der Waals surface area contributed by atoms with Gasteiger partial charge in [0.1, 0.15) is 0 Å². The molecule has 2 aromatic heterocycles. The Balaban J connectivity index is 2.36. The zero-order chi connectivity index (χ0) is 9.80. The van der Waals surface area contributed by atoms with Crippen LogP contribution in [0.2, 0.25) is 0 Å². The molecule has 0 N–H and O–H groups in total. The highest BCUT2D eigenvalue weighted by Crippen LogP contribution is 2.10. The Morgan fingerprint density at radius 1 is 1.29 bits per heavy atom. The molecule has 0 aromatic carbocycles. The van der Waals surface area contributed by atoms with E-state index in [-0.39, 0.29) is 0 Å². The van der Waals surface area contributed by atoms with Crippen molar-refractivity contribution in [2.75, 3.05) is 0 Å². The van der Waals surface area contributed by atoms with E-state index in [4.69, 9.17) is 0 Å². The Hall–Kier alpha value is -1.70. The number of fused-ring (bicyclic) bond motifs is 1. The fourth-order valence-corrected chi connectivity index (χ4v) is 1.38. The van der Waals surface area contributed by atoms with Crippen molar-refractivity contribution in [1.29, 1.82) is 0 Å². The molecule has 0 atom stereocenters. The summed E-state index contributed by atoms with van der Waals surface area (Å²) in [5.41, 5.74) is 1.91. The molecule has 0 spiro atoms. The minimum absolute atomic E-state index is 0.828. The van der Waals surface area contributed by atoms with Gasteiger partial charge in [0.05, 0.1) is 0 Å². The number of aromatic nitrogens is 2. The van der Waals surface area contributed by atoms with Crippen LogP contribution in [-0.2, 0) is 6.42 Å². The molecule has 70 valence electrons. The largest absolute Gasteiger partial charge is 0.237 e. The standard InChI is InChI=1S/C12H12N2/c1-2-3-6-11-8-7-10-5-4-9-13-12(10)14-11/h2,4-5,7-9H,1,3,6H2. The molecule has 14 heavy (non-hydrogen) atoms. The highest BCUT2D eigenvalue weighted by molar-refractivity contribution is 5.74. The quantitative estimate of drug-likeness (QED) is 0.685. The molecule has 2 heterocycles. The van der Waals surface area contributed by atoms with Gasteiger partial charge in [-0.1, -0.05) is 6.08 Å². The van der Waals surface area contributed by atoms with E-state index < -0.39 is 0 Å². The van der Waals surface area contributed by atoms with E-state index in [2.05, 4.69) is 22.6 Å². The number of pyridine rings is 2. The van der Waals surface area contributed by atoms with Crippen LogP contribution in [0, 0.1) is 0 Å². The Morgan fingerprint density at radius 2 is 2.21 bits per heavy atom. The maximum Gasteiger partial charge on any atom is 0.159 e. The smallest absolute Gasteiger partial charge is 0.159 e. The monoisotopic (exact) mass is 184 g/mol. The Morgan fingerprint density at radius 3 is 3.07 bits per heavy atom. The number of hydrogen-bond donors (Lipinski definition) is 0. The first-order chi connectivity index (χ1) is 6.90. The molecule has 0 aliphatic rings. The first kappa shape index (κ1) is 8.88. The van der Waals surface area contributed by atoms with Gasteiger partial charge in [-0.3, -0.25) is 0 Å². The van der Waals surface area contributed by atoms with Gasteiger partial charge >= 0.3 is 0 Å². The van der Waals surface area contributed by atoms with E-state index in [0.717, 1.165) is 29.6 Å². The second-order valence-corrected chi connectivity index (χ2v) is 3.18. The number of nitrogens with zero attached hydrogens (tertiary/aromatic N) is 2. The summed E-state index contributed by atoms with van der Waals surface area (Å²) in [4.78, 5) is 8.67. The van der Waals surface area contributed by atoms with E-state index in [9.17, 15) is 0 Å². The Kier molecular flexibility index (Phi) is 2.54. The van der Waals surface area contributed by atoms with Crippen LogP contribution in [0.4, 0.5) is 0 Å². The molecule has 2 rings (SSSR count). The lowest BCUT2D eigenvalue weighted by atomic mass is 10.2. The van der Waals surface area contributed by atoms with E-state index in [0.29, 0.717) is 0 Å². The third kappa shape index (κ3) is 1.79. The lowest BCUT2D eigenvalue weighted by molar-refractivity contribution is 0.952. The van der Waals surface area contributed by atoms with Gasteiger partial charge in [-0.15, -0.1) is 6.58 Å². The molecular weight excluding hydrogens is 172 g/mol. The fraction of sp³-hybridized carbons (Fsp3) is 0.167. The van der Waals surface area contributed by atoms with Crippen LogP contribution < -0.4 is 0 Å². The van der Waals surface area contributed by atoms with Gasteiger partial charge in [0, 0.05) is 17.3 Å². The van der Waals surface area contributed by atoms with Crippen molar-refractivity contribution in [3.8, 4) is 0 Å². The van der Waals surface area contributed by atoms with Gasteiger partial charge in [-0.25, -0.2) is 9.97 Å². The summed E-state index contributed by atoms with van der Waals surface area (Å²) >= 11 is 0. The van der Waals surface area contributed by atoms with Gasteiger partial charge in [-0.2, -0.15) is 0 Å². The lowest BCUT2D eigenvalue weighted by Gasteiger charge is -1.99. The van der Waals surface area contributed by atoms with Crippen LogP contribution in [-0.4, -0.2) is 9.97 Å². The first-order valence-corrected chi connectivity index (χ1v) is 4.72. The van der Waals surface area contributed by atoms with E-state index in [1.807, 2.05) is 24.3 Å². The van der Waals surface area contributed by atoms with Gasteiger partial charge < -0.3 is 0 Å². The van der Waals surface area contributed by atoms with Gasteiger partial charge in [0.15, 0.2) is 5.65 Å². The zero-order valence-electron chi connectivity index (χ0n) is 7.98. The van der Waals surface area contributed by atoms with Crippen LogP contribution in [0.25, 0.3) is 11.0 Å². The van der Waals surface area contributed by atoms with Crippen molar-refractivity contribution < 1.29 is 0 Å². The highest BCUT2D eigenvalue weighted by atomic mass is 14.8. The van der Waals surface area contributed by atoms with Gasteiger partial charge in [0.2, 0.25) is 0 Å². The van der Waals surface area contributed by atoms with Crippen molar-refractivity contribution in [3.63, 3.8) is 0 Å². The molecule has 2 aromatic rings. The van der Waals surface area contributed by atoms with E-state index in [1.165, 1.54) is 0 Å². The Bertz CT molecular complexity index is 449. The fourth-order valence-electron chi connectivity index (χ4n) is 1.38. The summed E-state index contributed by atoms with van der Waals surface area (Å²) in [6.07, 6.45) is 5.58. The average Bonchev–Trinajstić information content (AvgIpc) is 2.26. The minimum Gasteiger partial charge on any atom is -0.237 e. The second kappa shape index (κ2) is 4.01. The van der Waals surface area contributed by atoms with Crippen LogP contribution in [0.1, 0.15) is 12.1 Å². The molecule has 0 bridgehead atoms. The molecule has 2 heteroatoms.